The molecule has 3 aromatic rings. The molecule has 1 fully saturated rings. The lowest BCUT2D eigenvalue weighted by Gasteiger charge is -2.11. The number of pyridine rings is 1. The van der Waals surface area contributed by atoms with Gasteiger partial charge >= 0.3 is 0 Å². The molecular formula is C19H16N2O2S2. The third kappa shape index (κ3) is 3.32. The number of para-hydroxylation sites is 1. The SMILES string of the molecule is O=C(Nc1cccc(C2SCCS2)c1)c1c[nH]c2ccccc2c1=O. The zero-order valence-corrected chi connectivity index (χ0v) is 15.0. The van der Waals surface area contributed by atoms with Crippen molar-refractivity contribution in [1.29, 1.82) is 0 Å². The molecule has 0 unspecified atom stereocenters. The van der Waals surface area contributed by atoms with Crippen LogP contribution in [0.4, 0.5) is 5.69 Å². The third-order valence-corrected chi connectivity index (χ3v) is 7.18. The van der Waals surface area contributed by atoms with Crippen LogP contribution in [0.2, 0.25) is 0 Å². The van der Waals surface area contributed by atoms with Gasteiger partial charge in [0.25, 0.3) is 5.91 Å². The fourth-order valence-electron chi connectivity index (χ4n) is 2.85. The van der Waals surface area contributed by atoms with Crippen molar-refractivity contribution in [2.24, 2.45) is 0 Å². The first-order valence-corrected chi connectivity index (χ1v) is 10.1. The summed E-state index contributed by atoms with van der Waals surface area (Å²) in [6.07, 6.45) is 1.48. The minimum Gasteiger partial charge on any atom is -0.360 e. The first-order valence-electron chi connectivity index (χ1n) is 7.97. The second kappa shape index (κ2) is 6.98. The molecule has 1 aromatic heterocycles. The van der Waals surface area contributed by atoms with Gasteiger partial charge in [-0.05, 0) is 29.8 Å². The second-order valence-corrected chi connectivity index (χ2v) is 8.45. The Balaban J connectivity index is 1.61. The number of anilines is 1. The maximum absolute atomic E-state index is 12.6. The van der Waals surface area contributed by atoms with E-state index in [1.54, 1.807) is 12.1 Å². The number of benzene rings is 2. The number of aromatic amines is 1. The number of carbonyl (C=O) groups excluding carboxylic acids is 1. The number of thioether (sulfide) groups is 2. The van der Waals surface area contributed by atoms with E-state index in [2.05, 4.69) is 16.4 Å². The minimum atomic E-state index is -0.393. The molecule has 4 nitrogen and oxygen atoms in total. The standard InChI is InChI=1S/C19H16N2O2S2/c22-17-14-6-1-2-7-16(14)20-11-15(17)18(23)21-13-5-3-4-12(10-13)19-24-8-9-25-19/h1-7,10-11,19H,8-9H2,(H,20,22)(H,21,23). The minimum absolute atomic E-state index is 0.119. The smallest absolute Gasteiger partial charge is 0.261 e. The van der Waals surface area contributed by atoms with Crippen LogP contribution in [0, 0.1) is 0 Å². The van der Waals surface area contributed by atoms with Gasteiger partial charge in [-0.15, -0.1) is 23.5 Å². The number of rotatable bonds is 3. The molecule has 2 aromatic carbocycles. The van der Waals surface area contributed by atoms with Gasteiger partial charge in [-0.2, -0.15) is 0 Å². The Bertz CT molecular complexity index is 994. The van der Waals surface area contributed by atoms with Crippen molar-refractivity contribution in [2.45, 2.75) is 4.58 Å². The first-order chi connectivity index (χ1) is 12.2. The van der Waals surface area contributed by atoms with Crippen LogP contribution in [0.15, 0.2) is 59.5 Å². The van der Waals surface area contributed by atoms with E-state index >= 15 is 0 Å². The number of H-pyrrole nitrogens is 1. The summed E-state index contributed by atoms with van der Waals surface area (Å²) < 4.78 is 0.418. The van der Waals surface area contributed by atoms with Crippen molar-refractivity contribution in [3.63, 3.8) is 0 Å². The Kier molecular flexibility index (Phi) is 4.55. The lowest BCUT2D eigenvalue weighted by atomic mass is 10.1. The van der Waals surface area contributed by atoms with Crippen LogP contribution in [0.1, 0.15) is 20.5 Å². The molecule has 1 amide bonds. The van der Waals surface area contributed by atoms with Crippen LogP contribution in [-0.4, -0.2) is 22.4 Å². The van der Waals surface area contributed by atoms with E-state index in [0.717, 1.165) is 17.0 Å². The molecular weight excluding hydrogens is 352 g/mol. The summed E-state index contributed by atoms with van der Waals surface area (Å²) in [5.74, 6) is 1.91. The molecule has 1 aliphatic rings. The summed E-state index contributed by atoms with van der Waals surface area (Å²) in [6, 6.07) is 15.0. The predicted molar refractivity (Wildman–Crippen MR) is 107 cm³/mol. The van der Waals surface area contributed by atoms with Gasteiger partial charge in [0.1, 0.15) is 5.56 Å². The predicted octanol–water partition coefficient (Wildman–Crippen LogP) is 4.26. The number of fused-ring (bicyclic) bond motifs is 1. The lowest BCUT2D eigenvalue weighted by molar-refractivity contribution is 0.102. The Hall–Kier alpha value is -2.18. The van der Waals surface area contributed by atoms with Crippen LogP contribution >= 0.6 is 23.5 Å². The van der Waals surface area contributed by atoms with Crippen LogP contribution in [-0.2, 0) is 0 Å². The van der Waals surface area contributed by atoms with Crippen LogP contribution in [0.25, 0.3) is 10.9 Å². The van der Waals surface area contributed by atoms with Crippen molar-refractivity contribution in [3.05, 3.63) is 76.1 Å². The number of amides is 1. The van der Waals surface area contributed by atoms with Crippen molar-refractivity contribution in [2.75, 3.05) is 16.8 Å². The number of hydrogen-bond donors (Lipinski definition) is 2. The van der Waals surface area contributed by atoms with Gasteiger partial charge < -0.3 is 10.3 Å². The summed E-state index contributed by atoms with van der Waals surface area (Å²) in [5, 5.41) is 3.37. The van der Waals surface area contributed by atoms with E-state index in [-0.39, 0.29) is 11.0 Å². The van der Waals surface area contributed by atoms with Gasteiger partial charge in [0.15, 0.2) is 0 Å². The molecule has 4 rings (SSSR count). The van der Waals surface area contributed by atoms with Crippen LogP contribution < -0.4 is 10.7 Å². The highest BCUT2D eigenvalue weighted by Crippen LogP contribution is 2.45. The fourth-order valence-corrected chi connectivity index (χ4v) is 5.69. The monoisotopic (exact) mass is 368 g/mol. The van der Waals surface area contributed by atoms with Gasteiger partial charge in [0, 0.05) is 34.3 Å². The average Bonchev–Trinajstić information content (AvgIpc) is 3.17. The number of carbonyl (C=O) groups is 1. The van der Waals surface area contributed by atoms with E-state index < -0.39 is 5.91 Å². The molecule has 6 heteroatoms. The summed E-state index contributed by atoms with van der Waals surface area (Å²) in [7, 11) is 0. The Morgan fingerprint density at radius 1 is 1.08 bits per heavy atom. The Labute approximate surface area is 153 Å². The normalized spacial score (nSPS) is 14.7. The highest BCUT2D eigenvalue weighted by molar-refractivity contribution is 8.19. The lowest BCUT2D eigenvalue weighted by Crippen LogP contribution is -2.21. The largest absolute Gasteiger partial charge is 0.360 e. The highest BCUT2D eigenvalue weighted by atomic mass is 32.2. The molecule has 0 spiro atoms. The maximum atomic E-state index is 12.6. The highest BCUT2D eigenvalue weighted by Gasteiger charge is 2.19. The van der Waals surface area contributed by atoms with E-state index in [9.17, 15) is 9.59 Å². The molecule has 126 valence electrons. The van der Waals surface area contributed by atoms with Crippen molar-refractivity contribution in [3.8, 4) is 0 Å². The van der Waals surface area contributed by atoms with Gasteiger partial charge in [-0.3, -0.25) is 9.59 Å². The van der Waals surface area contributed by atoms with E-state index in [0.29, 0.717) is 15.7 Å². The van der Waals surface area contributed by atoms with Crippen molar-refractivity contribution in [1.82, 2.24) is 4.98 Å². The van der Waals surface area contributed by atoms with Gasteiger partial charge in [0.2, 0.25) is 5.43 Å². The quantitative estimate of drug-likeness (QED) is 0.725. The van der Waals surface area contributed by atoms with Gasteiger partial charge in [-0.1, -0.05) is 24.3 Å². The molecule has 25 heavy (non-hydrogen) atoms. The maximum Gasteiger partial charge on any atom is 0.261 e. The fraction of sp³-hybridized carbons (Fsp3) is 0.158. The molecule has 0 radical (unpaired) electrons. The molecule has 0 saturated carbocycles. The molecule has 0 atom stereocenters. The van der Waals surface area contributed by atoms with Gasteiger partial charge in [-0.25, -0.2) is 0 Å². The van der Waals surface area contributed by atoms with Crippen LogP contribution in [0.5, 0.6) is 0 Å². The zero-order chi connectivity index (χ0) is 17.2. The summed E-state index contributed by atoms with van der Waals surface area (Å²) >= 11 is 3.84. The molecule has 0 aliphatic carbocycles. The Morgan fingerprint density at radius 2 is 1.88 bits per heavy atom. The van der Waals surface area contributed by atoms with Crippen molar-refractivity contribution < 1.29 is 4.79 Å². The number of aromatic nitrogens is 1. The van der Waals surface area contributed by atoms with E-state index in [1.165, 1.54) is 11.8 Å². The third-order valence-electron chi connectivity index (χ3n) is 4.07. The zero-order valence-electron chi connectivity index (χ0n) is 13.3. The summed E-state index contributed by atoms with van der Waals surface area (Å²) in [4.78, 5) is 28.1. The summed E-state index contributed by atoms with van der Waals surface area (Å²) in [5.41, 5.74) is 2.49. The second-order valence-electron chi connectivity index (χ2n) is 5.73. The molecule has 1 saturated heterocycles. The molecule has 2 N–H and O–H groups in total. The van der Waals surface area contributed by atoms with E-state index in [1.807, 2.05) is 53.9 Å². The number of hydrogen-bond acceptors (Lipinski definition) is 4. The van der Waals surface area contributed by atoms with E-state index in [4.69, 9.17) is 0 Å². The summed E-state index contributed by atoms with van der Waals surface area (Å²) in [6.45, 7) is 0. The number of nitrogens with one attached hydrogen (secondary N) is 2. The molecule has 1 aliphatic heterocycles. The first kappa shape index (κ1) is 16.3. The average molecular weight is 368 g/mol. The topological polar surface area (TPSA) is 62.0 Å². The van der Waals surface area contributed by atoms with Crippen LogP contribution in [0.3, 0.4) is 0 Å². The molecule has 2 heterocycles. The van der Waals surface area contributed by atoms with Crippen molar-refractivity contribution >= 4 is 46.0 Å². The van der Waals surface area contributed by atoms with Gasteiger partial charge in [0.05, 0.1) is 4.58 Å². The molecule has 0 bridgehead atoms. The Morgan fingerprint density at radius 3 is 2.72 bits per heavy atom.